The van der Waals surface area contributed by atoms with Crippen molar-refractivity contribution in [3.05, 3.63) is 84.7 Å². The monoisotopic (exact) mass is 395 g/mol. The van der Waals surface area contributed by atoms with Crippen LogP contribution in [0, 0.1) is 0 Å². The van der Waals surface area contributed by atoms with E-state index in [1.165, 1.54) is 0 Å². The number of para-hydroxylation sites is 1. The lowest BCUT2D eigenvalue weighted by Crippen LogP contribution is -2.15. The van der Waals surface area contributed by atoms with E-state index in [4.69, 9.17) is 4.74 Å². The summed E-state index contributed by atoms with van der Waals surface area (Å²) in [5.41, 5.74) is 4.10. The van der Waals surface area contributed by atoms with Gasteiger partial charge in [-0.15, -0.1) is 0 Å². The second kappa shape index (κ2) is 7.63. The number of pyridine rings is 1. The molecule has 0 bridgehead atoms. The summed E-state index contributed by atoms with van der Waals surface area (Å²) < 4.78 is 5.24. The van der Waals surface area contributed by atoms with Crippen LogP contribution in [0.2, 0.25) is 0 Å². The van der Waals surface area contributed by atoms with Crippen molar-refractivity contribution in [3.63, 3.8) is 0 Å². The number of rotatable bonds is 4. The number of carbonyl (C=O) groups excluding carboxylic acids is 1. The average Bonchev–Trinajstić information content (AvgIpc) is 3.17. The van der Waals surface area contributed by atoms with Gasteiger partial charge in [-0.25, -0.2) is 14.8 Å². The minimum Gasteiger partial charge on any atom is -0.444 e. The summed E-state index contributed by atoms with van der Waals surface area (Å²) >= 11 is 0. The Bertz CT molecular complexity index is 1350. The summed E-state index contributed by atoms with van der Waals surface area (Å²) in [4.78, 5) is 28.6. The fourth-order valence-electron chi connectivity index (χ4n) is 3.37. The average molecular weight is 395 g/mol. The summed E-state index contributed by atoms with van der Waals surface area (Å²) in [6, 6.07) is 21.3. The summed E-state index contributed by atoms with van der Waals surface area (Å²) in [5.74, 6) is 0.153. The van der Waals surface area contributed by atoms with Crippen LogP contribution in [0.4, 0.5) is 10.7 Å². The predicted octanol–water partition coefficient (Wildman–Crippen LogP) is 4.92. The molecule has 0 fully saturated rings. The lowest BCUT2D eigenvalue weighted by molar-refractivity contribution is 0.155. The van der Waals surface area contributed by atoms with Gasteiger partial charge in [-0.3, -0.25) is 10.3 Å². The number of benzene rings is 2. The topological polar surface area (TPSA) is 92.8 Å². The van der Waals surface area contributed by atoms with Gasteiger partial charge in [0, 0.05) is 28.7 Å². The maximum atomic E-state index is 12.1. The van der Waals surface area contributed by atoms with Crippen LogP contribution in [-0.2, 0) is 11.3 Å². The van der Waals surface area contributed by atoms with Crippen LogP contribution in [0.15, 0.2) is 79.1 Å². The Hall–Kier alpha value is -4.26. The Morgan fingerprint density at radius 3 is 2.60 bits per heavy atom. The van der Waals surface area contributed by atoms with Crippen LogP contribution in [-0.4, -0.2) is 26.0 Å². The van der Waals surface area contributed by atoms with E-state index in [9.17, 15) is 4.79 Å². The molecule has 30 heavy (non-hydrogen) atoms. The first kappa shape index (κ1) is 17.8. The molecule has 0 aliphatic rings. The molecule has 3 heterocycles. The number of amides is 1. The third-order valence-corrected chi connectivity index (χ3v) is 4.75. The molecular weight excluding hydrogens is 378 g/mol. The van der Waals surface area contributed by atoms with Crippen molar-refractivity contribution >= 4 is 33.8 Å². The third-order valence-electron chi connectivity index (χ3n) is 4.75. The van der Waals surface area contributed by atoms with Gasteiger partial charge in [-0.2, -0.15) is 0 Å². The summed E-state index contributed by atoms with van der Waals surface area (Å²) in [6.07, 6.45) is 2.72. The normalized spacial score (nSPS) is 10.9. The first-order valence-corrected chi connectivity index (χ1v) is 9.44. The Labute approximate surface area is 171 Å². The zero-order chi connectivity index (χ0) is 20.3. The SMILES string of the molecule is O=C(Nc1nccc(-c2nccc3c2[nH]c2ccccc23)n1)OCc1ccccc1. The van der Waals surface area contributed by atoms with E-state index < -0.39 is 6.09 Å². The van der Waals surface area contributed by atoms with E-state index in [0.717, 1.165) is 27.4 Å². The molecule has 5 rings (SSSR count). The molecule has 0 unspecified atom stereocenters. The smallest absolute Gasteiger partial charge is 0.414 e. The zero-order valence-corrected chi connectivity index (χ0v) is 15.9. The zero-order valence-electron chi connectivity index (χ0n) is 15.9. The first-order valence-electron chi connectivity index (χ1n) is 9.44. The highest BCUT2D eigenvalue weighted by atomic mass is 16.5. The van der Waals surface area contributed by atoms with Crippen LogP contribution in [0.25, 0.3) is 33.2 Å². The van der Waals surface area contributed by atoms with Gasteiger partial charge in [-0.05, 0) is 23.8 Å². The van der Waals surface area contributed by atoms with E-state index in [0.29, 0.717) is 11.4 Å². The van der Waals surface area contributed by atoms with E-state index >= 15 is 0 Å². The number of hydrogen-bond donors (Lipinski definition) is 2. The summed E-state index contributed by atoms with van der Waals surface area (Å²) in [6.45, 7) is 0.169. The van der Waals surface area contributed by atoms with Gasteiger partial charge in [0.2, 0.25) is 5.95 Å². The van der Waals surface area contributed by atoms with Crippen molar-refractivity contribution in [2.75, 3.05) is 5.32 Å². The standard InChI is InChI=1S/C23H17N5O2/c29-23(30-14-15-6-2-1-3-7-15)28-22-25-13-11-19(27-22)21-20-17(10-12-24-21)16-8-4-5-9-18(16)26-20/h1-13,26H,14H2,(H,25,27,28,29). The van der Waals surface area contributed by atoms with Gasteiger partial charge in [-0.1, -0.05) is 48.5 Å². The molecule has 0 aliphatic carbocycles. The van der Waals surface area contributed by atoms with Crippen molar-refractivity contribution < 1.29 is 9.53 Å². The number of carbonyl (C=O) groups is 1. The van der Waals surface area contributed by atoms with Crippen LogP contribution >= 0.6 is 0 Å². The second-order valence-corrected chi connectivity index (χ2v) is 6.70. The van der Waals surface area contributed by atoms with E-state index in [-0.39, 0.29) is 12.6 Å². The third kappa shape index (κ3) is 3.44. The van der Waals surface area contributed by atoms with E-state index in [2.05, 4.69) is 31.3 Å². The van der Waals surface area contributed by atoms with E-state index in [1.54, 1.807) is 18.5 Å². The molecule has 1 amide bonds. The quantitative estimate of drug-likeness (QED) is 0.450. The number of ether oxygens (including phenoxy) is 1. The minimum absolute atomic E-state index is 0.153. The number of nitrogens with one attached hydrogen (secondary N) is 2. The van der Waals surface area contributed by atoms with Gasteiger partial charge in [0.15, 0.2) is 0 Å². The fourth-order valence-corrected chi connectivity index (χ4v) is 3.37. The molecule has 3 aromatic heterocycles. The molecule has 0 radical (unpaired) electrons. The maximum Gasteiger partial charge on any atom is 0.414 e. The molecule has 0 saturated heterocycles. The number of fused-ring (bicyclic) bond motifs is 3. The summed E-state index contributed by atoms with van der Waals surface area (Å²) in [5, 5.41) is 4.76. The minimum atomic E-state index is -0.618. The van der Waals surface area contributed by atoms with Crippen LogP contribution in [0.5, 0.6) is 0 Å². The maximum absolute atomic E-state index is 12.1. The van der Waals surface area contributed by atoms with Crippen LogP contribution < -0.4 is 5.32 Å². The Kier molecular flexibility index (Phi) is 4.53. The molecule has 146 valence electrons. The molecule has 2 N–H and O–H groups in total. The van der Waals surface area contributed by atoms with Crippen LogP contribution in [0.1, 0.15) is 5.56 Å². The highest BCUT2D eigenvalue weighted by molar-refractivity contribution is 6.10. The number of anilines is 1. The second-order valence-electron chi connectivity index (χ2n) is 6.70. The number of H-pyrrole nitrogens is 1. The van der Waals surface area contributed by atoms with Gasteiger partial charge in [0.1, 0.15) is 12.3 Å². The molecule has 0 saturated carbocycles. The van der Waals surface area contributed by atoms with Gasteiger partial charge in [0.25, 0.3) is 0 Å². The Morgan fingerprint density at radius 2 is 1.70 bits per heavy atom. The van der Waals surface area contributed by atoms with Crippen LogP contribution in [0.3, 0.4) is 0 Å². The lowest BCUT2D eigenvalue weighted by Gasteiger charge is -2.07. The molecular formula is C23H17N5O2. The molecule has 0 atom stereocenters. The fraction of sp³-hybridized carbons (Fsp3) is 0.0435. The predicted molar refractivity (Wildman–Crippen MR) is 115 cm³/mol. The van der Waals surface area contributed by atoms with Gasteiger partial charge < -0.3 is 9.72 Å². The number of aromatic amines is 1. The number of aromatic nitrogens is 4. The Morgan fingerprint density at radius 1 is 0.900 bits per heavy atom. The van der Waals surface area contributed by atoms with Crippen molar-refractivity contribution in [1.29, 1.82) is 0 Å². The molecule has 0 spiro atoms. The van der Waals surface area contributed by atoms with Crippen molar-refractivity contribution in [2.45, 2.75) is 6.61 Å². The molecule has 0 aliphatic heterocycles. The van der Waals surface area contributed by atoms with E-state index in [1.807, 2.05) is 54.6 Å². The summed E-state index contributed by atoms with van der Waals surface area (Å²) in [7, 11) is 0. The van der Waals surface area contributed by atoms with Gasteiger partial charge >= 0.3 is 6.09 Å². The highest BCUT2D eigenvalue weighted by Crippen LogP contribution is 2.30. The van der Waals surface area contributed by atoms with Crippen molar-refractivity contribution in [3.8, 4) is 11.4 Å². The number of hydrogen-bond acceptors (Lipinski definition) is 5. The van der Waals surface area contributed by atoms with Crippen molar-refractivity contribution in [2.24, 2.45) is 0 Å². The van der Waals surface area contributed by atoms with Gasteiger partial charge in [0.05, 0.1) is 11.2 Å². The lowest BCUT2D eigenvalue weighted by atomic mass is 10.1. The largest absolute Gasteiger partial charge is 0.444 e. The van der Waals surface area contributed by atoms with Crippen molar-refractivity contribution in [1.82, 2.24) is 19.9 Å². The molecule has 7 nitrogen and oxygen atoms in total. The number of nitrogens with zero attached hydrogens (tertiary/aromatic N) is 3. The Balaban J connectivity index is 1.40. The molecule has 7 heteroatoms. The molecule has 5 aromatic rings. The molecule has 2 aromatic carbocycles. The highest BCUT2D eigenvalue weighted by Gasteiger charge is 2.13. The first-order chi connectivity index (χ1) is 14.8.